The first-order valence-electron chi connectivity index (χ1n) is 7.74. The lowest BCUT2D eigenvalue weighted by atomic mass is 9.89. The minimum atomic E-state index is -0.663. The molecular weight excluding hydrogens is 329 g/mol. The van der Waals surface area contributed by atoms with Crippen molar-refractivity contribution in [2.24, 2.45) is 0 Å². The second kappa shape index (κ2) is 6.68. The van der Waals surface area contributed by atoms with Gasteiger partial charge in [0.1, 0.15) is 5.82 Å². The summed E-state index contributed by atoms with van der Waals surface area (Å²) >= 11 is 1.62. The molecule has 1 atom stereocenters. The highest BCUT2D eigenvalue weighted by Crippen LogP contribution is 2.32. The summed E-state index contributed by atoms with van der Waals surface area (Å²) in [7, 11) is 0. The number of fused-ring (bicyclic) bond motifs is 1. The number of nitrogens with zero attached hydrogens (tertiary/aromatic N) is 1. The Hall–Kier alpha value is -2.28. The zero-order valence-corrected chi connectivity index (χ0v) is 14.3. The maximum atomic E-state index is 13.5. The molecule has 0 bridgehead atoms. The molecule has 2 aromatic rings. The van der Waals surface area contributed by atoms with Crippen molar-refractivity contribution < 1.29 is 14.0 Å². The highest BCUT2D eigenvalue weighted by molar-refractivity contribution is 7.11. The molecule has 1 aromatic heterocycles. The molecule has 1 aliphatic heterocycles. The lowest BCUT2D eigenvalue weighted by Gasteiger charge is -2.24. The highest BCUT2D eigenvalue weighted by Gasteiger charge is 2.30. The minimum Gasteiger partial charge on any atom is -0.355 e. The fraction of sp³-hybridized carbons (Fsp3) is 0.353. The number of carbonyl (C=O) groups excluding carboxylic acids is 2. The van der Waals surface area contributed by atoms with Crippen LogP contribution in [0.15, 0.2) is 18.2 Å². The number of halogens is 1. The van der Waals surface area contributed by atoms with Crippen molar-refractivity contribution in [2.45, 2.75) is 32.6 Å². The van der Waals surface area contributed by atoms with Crippen molar-refractivity contribution in [2.75, 3.05) is 11.9 Å². The summed E-state index contributed by atoms with van der Waals surface area (Å²) in [6.07, 6.45) is 0.664. The molecule has 2 N–H and O–H groups in total. The van der Waals surface area contributed by atoms with Gasteiger partial charge in [-0.1, -0.05) is 0 Å². The third-order valence-electron chi connectivity index (χ3n) is 4.08. The van der Waals surface area contributed by atoms with Crippen molar-refractivity contribution in [3.8, 4) is 0 Å². The van der Waals surface area contributed by atoms with Gasteiger partial charge in [0, 0.05) is 30.0 Å². The first-order chi connectivity index (χ1) is 11.4. The van der Waals surface area contributed by atoms with Crippen LogP contribution in [0.1, 0.15) is 33.5 Å². The van der Waals surface area contributed by atoms with E-state index in [2.05, 4.69) is 15.6 Å². The monoisotopic (exact) mass is 347 g/mol. The molecular formula is C17H18FN3O2S. The van der Waals surface area contributed by atoms with Crippen LogP contribution >= 0.6 is 11.3 Å². The number of hydrogen-bond acceptors (Lipinski definition) is 4. The first kappa shape index (κ1) is 16.6. The maximum absolute atomic E-state index is 13.5. The van der Waals surface area contributed by atoms with E-state index in [-0.39, 0.29) is 18.2 Å². The van der Waals surface area contributed by atoms with Crippen molar-refractivity contribution in [3.05, 3.63) is 45.2 Å². The van der Waals surface area contributed by atoms with Crippen LogP contribution < -0.4 is 10.6 Å². The molecule has 0 fully saturated rings. The average Bonchev–Trinajstić information content (AvgIpc) is 2.85. The smallest absolute Gasteiger partial charge is 0.228 e. The summed E-state index contributed by atoms with van der Waals surface area (Å²) in [6.45, 7) is 4.41. The number of hydrogen-bond donors (Lipinski definition) is 2. The topological polar surface area (TPSA) is 71.1 Å². The molecule has 0 saturated heterocycles. The first-order valence-corrected chi connectivity index (χ1v) is 8.55. The fourth-order valence-electron chi connectivity index (χ4n) is 2.73. The van der Waals surface area contributed by atoms with Crippen LogP contribution in [0, 0.1) is 19.7 Å². The predicted molar refractivity (Wildman–Crippen MR) is 90.7 cm³/mol. The SMILES string of the molecule is Cc1nc(CCNC(=O)[C@@H]2CC(=O)Nc3ccc(F)cc32)sc1C. The molecule has 0 radical (unpaired) electrons. The molecule has 2 amide bonds. The molecule has 0 saturated carbocycles. The second-order valence-corrected chi connectivity index (χ2v) is 7.11. The van der Waals surface area contributed by atoms with Crippen molar-refractivity contribution in [3.63, 3.8) is 0 Å². The summed E-state index contributed by atoms with van der Waals surface area (Å²) in [5, 5.41) is 6.48. The van der Waals surface area contributed by atoms with Crippen LogP contribution in [0.3, 0.4) is 0 Å². The number of aromatic nitrogens is 1. The van der Waals surface area contributed by atoms with Gasteiger partial charge in [-0.3, -0.25) is 9.59 Å². The van der Waals surface area contributed by atoms with Gasteiger partial charge >= 0.3 is 0 Å². The van der Waals surface area contributed by atoms with Crippen LogP contribution in [-0.4, -0.2) is 23.3 Å². The van der Waals surface area contributed by atoms with Crippen molar-refractivity contribution >= 4 is 28.8 Å². The van der Waals surface area contributed by atoms with Gasteiger partial charge in [-0.25, -0.2) is 9.37 Å². The van der Waals surface area contributed by atoms with Gasteiger partial charge in [0.15, 0.2) is 0 Å². The van der Waals surface area contributed by atoms with Crippen LogP contribution in [-0.2, 0) is 16.0 Å². The maximum Gasteiger partial charge on any atom is 0.228 e. The Morgan fingerprint density at radius 1 is 1.46 bits per heavy atom. The van der Waals surface area contributed by atoms with Gasteiger partial charge in [-0.2, -0.15) is 0 Å². The Balaban J connectivity index is 1.66. The van der Waals surface area contributed by atoms with Crippen LogP contribution in [0.5, 0.6) is 0 Å². The Bertz CT molecular complexity index is 784. The van der Waals surface area contributed by atoms with Gasteiger partial charge < -0.3 is 10.6 Å². The molecule has 7 heteroatoms. The normalized spacial score (nSPS) is 16.5. The molecule has 3 rings (SSSR count). The van der Waals surface area contributed by atoms with Gasteiger partial charge in [0.2, 0.25) is 11.8 Å². The fourth-order valence-corrected chi connectivity index (χ4v) is 3.66. The van der Waals surface area contributed by atoms with E-state index in [0.717, 1.165) is 10.7 Å². The van der Waals surface area contributed by atoms with Gasteiger partial charge in [0.25, 0.3) is 0 Å². The quantitative estimate of drug-likeness (QED) is 0.893. The third-order valence-corrected chi connectivity index (χ3v) is 5.21. The standard InChI is InChI=1S/C17H18FN3O2S/c1-9-10(2)24-16(20-9)5-6-19-17(23)13-8-15(22)21-14-4-3-11(18)7-12(13)14/h3-4,7,13H,5-6,8H2,1-2H3,(H,19,23)(H,21,22)/t13-/m1/s1. The Labute approximate surface area is 143 Å². The van der Waals surface area contributed by atoms with E-state index in [9.17, 15) is 14.0 Å². The summed E-state index contributed by atoms with van der Waals surface area (Å²) in [5.74, 6) is -1.58. The lowest BCUT2D eigenvalue weighted by molar-refractivity contribution is -0.126. The van der Waals surface area contributed by atoms with E-state index in [1.807, 2.05) is 13.8 Å². The third kappa shape index (κ3) is 3.46. The van der Waals surface area contributed by atoms with Gasteiger partial charge in [-0.15, -0.1) is 11.3 Å². The van der Waals surface area contributed by atoms with E-state index < -0.39 is 11.7 Å². The number of nitrogens with one attached hydrogen (secondary N) is 2. The number of thiazole rings is 1. The number of aryl methyl sites for hydroxylation is 2. The molecule has 1 aromatic carbocycles. The Morgan fingerprint density at radius 3 is 2.96 bits per heavy atom. The zero-order valence-electron chi connectivity index (χ0n) is 13.5. The number of amides is 2. The molecule has 5 nitrogen and oxygen atoms in total. The second-order valence-electron chi connectivity index (χ2n) is 5.83. The average molecular weight is 347 g/mol. The van der Waals surface area contributed by atoms with Crippen LogP contribution in [0.25, 0.3) is 0 Å². The summed E-state index contributed by atoms with van der Waals surface area (Å²) in [5.41, 5.74) is 2.03. The Morgan fingerprint density at radius 2 is 2.25 bits per heavy atom. The van der Waals surface area contributed by atoms with E-state index >= 15 is 0 Å². The number of anilines is 1. The number of carbonyl (C=O) groups is 2. The number of rotatable bonds is 4. The highest BCUT2D eigenvalue weighted by atomic mass is 32.1. The number of benzene rings is 1. The van der Waals surface area contributed by atoms with Crippen LogP contribution in [0.4, 0.5) is 10.1 Å². The van der Waals surface area contributed by atoms with E-state index in [0.29, 0.717) is 24.2 Å². The van der Waals surface area contributed by atoms with Crippen molar-refractivity contribution in [1.29, 1.82) is 0 Å². The molecule has 2 heterocycles. The largest absolute Gasteiger partial charge is 0.355 e. The Kier molecular flexibility index (Phi) is 4.62. The molecule has 0 unspecified atom stereocenters. The van der Waals surface area contributed by atoms with Gasteiger partial charge in [0.05, 0.1) is 16.6 Å². The molecule has 24 heavy (non-hydrogen) atoms. The van der Waals surface area contributed by atoms with E-state index in [1.54, 1.807) is 11.3 Å². The summed E-state index contributed by atoms with van der Waals surface area (Å²) in [4.78, 5) is 29.8. The summed E-state index contributed by atoms with van der Waals surface area (Å²) in [6, 6.07) is 4.07. The molecule has 0 spiro atoms. The van der Waals surface area contributed by atoms with E-state index in [4.69, 9.17) is 0 Å². The zero-order chi connectivity index (χ0) is 17.3. The van der Waals surface area contributed by atoms with Gasteiger partial charge in [-0.05, 0) is 37.6 Å². The van der Waals surface area contributed by atoms with E-state index in [1.165, 1.54) is 23.1 Å². The predicted octanol–water partition coefficient (Wildman–Crippen LogP) is 2.68. The molecule has 1 aliphatic rings. The molecule has 126 valence electrons. The van der Waals surface area contributed by atoms with Crippen molar-refractivity contribution in [1.82, 2.24) is 10.3 Å². The molecule has 0 aliphatic carbocycles. The summed E-state index contributed by atoms with van der Waals surface area (Å²) < 4.78 is 13.5. The minimum absolute atomic E-state index is 0.0256. The van der Waals surface area contributed by atoms with Crippen LogP contribution in [0.2, 0.25) is 0 Å². The lowest BCUT2D eigenvalue weighted by Crippen LogP contribution is -2.36.